The smallest absolute Gasteiger partial charge is 0.255 e. The van der Waals surface area contributed by atoms with Gasteiger partial charge in [-0.3, -0.25) is 9.69 Å². The van der Waals surface area contributed by atoms with Crippen molar-refractivity contribution >= 4 is 45.1 Å². The number of carbonyl (C=O) groups is 1. The van der Waals surface area contributed by atoms with Crippen LogP contribution in [-0.4, -0.2) is 23.5 Å². The molecule has 0 atom stereocenters. The minimum atomic E-state index is -0.498. The van der Waals surface area contributed by atoms with Crippen LogP contribution in [0.5, 0.6) is 0 Å². The quantitative estimate of drug-likeness (QED) is 0.654. The van der Waals surface area contributed by atoms with Crippen LogP contribution in [0.2, 0.25) is 0 Å². The Hall–Kier alpha value is -2.87. The number of nitrogens with zero attached hydrogens (tertiary/aromatic N) is 3. The Labute approximate surface area is 178 Å². The second-order valence-electron chi connectivity index (χ2n) is 7.30. The summed E-state index contributed by atoms with van der Waals surface area (Å²) in [6, 6.07) is 14.8. The highest BCUT2D eigenvalue weighted by molar-refractivity contribution is 9.10. The highest BCUT2D eigenvalue weighted by atomic mass is 79.9. The molecule has 0 unspecified atom stereocenters. The Kier molecular flexibility index (Phi) is 5.27. The maximum atomic E-state index is 12.5. The molecule has 5 N–H and O–H groups in total. The van der Waals surface area contributed by atoms with Crippen molar-refractivity contribution in [3.8, 4) is 0 Å². The average molecular weight is 455 g/mol. The van der Waals surface area contributed by atoms with Crippen molar-refractivity contribution in [3.63, 3.8) is 0 Å². The average Bonchev–Trinajstić information content (AvgIpc) is 2.70. The first-order chi connectivity index (χ1) is 14.0. The Morgan fingerprint density at radius 2 is 1.79 bits per heavy atom. The summed E-state index contributed by atoms with van der Waals surface area (Å²) in [4.78, 5) is 23.3. The molecule has 0 radical (unpaired) electrons. The lowest BCUT2D eigenvalue weighted by Crippen LogP contribution is -2.58. The number of anilines is 2. The van der Waals surface area contributed by atoms with Crippen molar-refractivity contribution in [1.29, 1.82) is 0 Å². The van der Waals surface area contributed by atoms with Crippen molar-refractivity contribution < 1.29 is 4.79 Å². The van der Waals surface area contributed by atoms with Crippen LogP contribution in [0.3, 0.4) is 0 Å². The van der Waals surface area contributed by atoms with Crippen molar-refractivity contribution in [1.82, 2.24) is 0 Å². The van der Waals surface area contributed by atoms with E-state index in [0.29, 0.717) is 17.2 Å². The summed E-state index contributed by atoms with van der Waals surface area (Å²) in [5, 5.41) is 2.93. The van der Waals surface area contributed by atoms with E-state index in [1.54, 1.807) is 12.1 Å². The van der Waals surface area contributed by atoms with Crippen LogP contribution in [0.1, 0.15) is 42.5 Å². The zero-order valence-electron chi connectivity index (χ0n) is 15.9. The van der Waals surface area contributed by atoms with Gasteiger partial charge >= 0.3 is 0 Å². The van der Waals surface area contributed by atoms with E-state index in [1.807, 2.05) is 41.3 Å². The predicted molar refractivity (Wildman–Crippen MR) is 120 cm³/mol. The van der Waals surface area contributed by atoms with E-state index in [4.69, 9.17) is 11.5 Å². The van der Waals surface area contributed by atoms with Crippen LogP contribution >= 0.6 is 15.9 Å². The highest BCUT2D eigenvalue weighted by Crippen LogP contribution is 2.40. The number of halogens is 1. The minimum absolute atomic E-state index is 0.167. The fourth-order valence-corrected chi connectivity index (χ4v) is 4.49. The largest absolute Gasteiger partial charge is 0.369 e. The first-order valence-corrected chi connectivity index (χ1v) is 10.4. The van der Waals surface area contributed by atoms with Crippen LogP contribution in [0.4, 0.5) is 11.4 Å². The van der Waals surface area contributed by atoms with Crippen molar-refractivity contribution in [2.45, 2.75) is 37.8 Å². The molecule has 2 aromatic rings. The lowest BCUT2D eigenvalue weighted by Gasteiger charge is -2.45. The molecule has 1 amide bonds. The van der Waals surface area contributed by atoms with Gasteiger partial charge in [0.1, 0.15) is 5.66 Å². The number of rotatable bonds is 3. The van der Waals surface area contributed by atoms with E-state index in [2.05, 4.69) is 31.2 Å². The zero-order valence-corrected chi connectivity index (χ0v) is 17.5. The first kappa shape index (κ1) is 19.4. The number of nitrogens with two attached hydrogens (primary N) is 2. The molecule has 29 heavy (non-hydrogen) atoms. The van der Waals surface area contributed by atoms with E-state index < -0.39 is 5.66 Å². The van der Waals surface area contributed by atoms with Gasteiger partial charge in [-0.15, -0.1) is 0 Å². The van der Waals surface area contributed by atoms with E-state index in [-0.39, 0.29) is 11.9 Å². The third-order valence-electron chi connectivity index (χ3n) is 5.35. The summed E-state index contributed by atoms with van der Waals surface area (Å²) in [6.07, 6.45) is 5.04. The maximum absolute atomic E-state index is 12.5. The number of hydrogen-bond donors (Lipinski definition) is 3. The van der Waals surface area contributed by atoms with E-state index >= 15 is 0 Å². The summed E-state index contributed by atoms with van der Waals surface area (Å²) < 4.78 is 0.751. The lowest BCUT2D eigenvalue weighted by atomic mass is 9.87. The molecule has 1 fully saturated rings. The molecule has 0 bridgehead atoms. The lowest BCUT2D eigenvalue weighted by molar-refractivity contribution is 0.102. The predicted octanol–water partition coefficient (Wildman–Crippen LogP) is 3.81. The summed E-state index contributed by atoms with van der Waals surface area (Å²) in [7, 11) is 0. The van der Waals surface area contributed by atoms with E-state index in [9.17, 15) is 4.79 Å². The van der Waals surface area contributed by atoms with Crippen molar-refractivity contribution in [2.75, 3.05) is 10.2 Å². The normalized spacial score (nSPS) is 18.2. The molecule has 1 aliphatic heterocycles. The van der Waals surface area contributed by atoms with Crippen LogP contribution in [0.25, 0.3) is 0 Å². The molecule has 1 saturated carbocycles. The molecule has 150 valence electrons. The summed E-state index contributed by atoms with van der Waals surface area (Å²) in [5.41, 5.74) is 13.8. The summed E-state index contributed by atoms with van der Waals surface area (Å²) in [6.45, 7) is 0. The molecular weight excluding hydrogens is 432 g/mol. The van der Waals surface area contributed by atoms with Crippen molar-refractivity contribution in [2.24, 2.45) is 21.5 Å². The number of nitrogens with one attached hydrogen (secondary N) is 1. The van der Waals surface area contributed by atoms with Gasteiger partial charge in [-0.05, 0) is 71.9 Å². The monoisotopic (exact) mass is 454 g/mol. The van der Waals surface area contributed by atoms with Gasteiger partial charge in [-0.1, -0.05) is 24.6 Å². The molecule has 4 rings (SSSR count). The highest BCUT2D eigenvalue weighted by Gasteiger charge is 2.42. The second-order valence-corrected chi connectivity index (χ2v) is 8.16. The summed E-state index contributed by atoms with van der Waals surface area (Å²) >= 11 is 3.58. The Bertz CT molecular complexity index is 982. The maximum Gasteiger partial charge on any atom is 0.255 e. The van der Waals surface area contributed by atoms with Gasteiger partial charge in [0.15, 0.2) is 0 Å². The molecule has 0 aromatic heterocycles. The number of guanidine groups is 2. The fourth-order valence-electron chi connectivity index (χ4n) is 4.02. The van der Waals surface area contributed by atoms with E-state index in [1.165, 1.54) is 6.42 Å². The van der Waals surface area contributed by atoms with Gasteiger partial charge in [-0.2, -0.15) is 4.99 Å². The molecule has 7 nitrogen and oxygen atoms in total. The number of aliphatic imine (C=N–C) groups is 2. The van der Waals surface area contributed by atoms with Gasteiger partial charge in [0, 0.05) is 15.7 Å². The Morgan fingerprint density at radius 1 is 1.07 bits per heavy atom. The molecule has 1 spiro atoms. The first-order valence-electron chi connectivity index (χ1n) is 9.64. The SMILES string of the molecule is NC1=NC2(CCCCC2)N(c2ccc(NC(=O)c3ccccc3)c(Br)c2)C(N)=N1. The van der Waals surface area contributed by atoms with Gasteiger partial charge in [0.25, 0.3) is 5.91 Å². The number of carbonyl (C=O) groups excluding carboxylic acids is 1. The van der Waals surface area contributed by atoms with Gasteiger partial charge in [0.2, 0.25) is 11.9 Å². The molecular formula is C21H23BrN6O. The standard InChI is InChI=1S/C21H23BrN6O/c22-16-13-15(9-10-17(16)25-18(29)14-7-3-1-4-8-14)28-20(24)26-19(23)27-21(28)11-5-2-6-12-21/h1,3-4,7-10,13H,2,5-6,11-12H2,(H,25,29)(H4,23,24,26,27). The van der Waals surface area contributed by atoms with Crippen LogP contribution in [-0.2, 0) is 0 Å². The molecule has 2 aliphatic rings. The number of amides is 1. The second kappa shape index (κ2) is 7.87. The molecule has 1 heterocycles. The van der Waals surface area contributed by atoms with Gasteiger partial charge < -0.3 is 16.8 Å². The molecule has 0 saturated heterocycles. The third kappa shape index (κ3) is 3.85. The zero-order chi connectivity index (χ0) is 20.4. The van der Waals surface area contributed by atoms with Gasteiger partial charge in [-0.25, -0.2) is 4.99 Å². The Morgan fingerprint density at radius 3 is 2.48 bits per heavy atom. The Balaban J connectivity index is 1.63. The number of benzene rings is 2. The van der Waals surface area contributed by atoms with Gasteiger partial charge in [0.05, 0.1) is 5.69 Å². The van der Waals surface area contributed by atoms with Crippen molar-refractivity contribution in [3.05, 3.63) is 58.6 Å². The fraction of sp³-hybridized carbons (Fsp3) is 0.286. The van der Waals surface area contributed by atoms with Crippen LogP contribution < -0.4 is 21.7 Å². The topological polar surface area (TPSA) is 109 Å². The molecule has 1 aliphatic carbocycles. The van der Waals surface area contributed by atoms with E-state index in [0.717, 1.165) is 35.8 Å². The molecule has 8 heteroatoms. The van der Waals surface area contributed by atoms with Crippen LogP contribution in [0.15, 0.2) is 63.0 Å². The van der Waals surface area contributed by atoms with Crippen LogP contribution in [0, 0.1) is 0 Å². The minimum Gasteiger partial charge on any atom is -0.369 e. The number of hydrogen-bond acceptors (Lipinski definition) is 6. The third-order valence-corrected chi connectivity index (χ3v) is 6.00. The summed E-state index contributed by atoms with van der Waals surface area (Å²) in [5.74, 6) is 0.401. The molecule has 2 aromatic carbocycles.